The van der Waals surface area contributed by atoms with Crippen LogP contribution in [0, 0.1) is 12.8 Å². The van der Waals surface area contributed by atoms with Gasteiger partial charge in [0.25, 0.3) is 0 Å². The van der Waals surface area contributed by atoms with Crippen LogP contribution in [0.15, 0.2) is 54.9 Å². The Labute approximate surface area is 263 Å². The fourth-order valence-electron chi connectivity index (χ4n) is 5.60. The molecule has 0 fully saturated rings. The van der Waals surface area contributed by atoms with E-state index in [2.05, 4.69) is 11.4 Å². The quantitative estimate of drug-likeness (QED) is 0.208. The Morgan fingerprint density at radius 1 is 1.07 bits per heavy atom. The van der Waals surface area contributed by atoms with Crippen LogP contribution in [0.2, 0.25) is 0 Å². The molecule has 0 saturated carbocycles. The third-order valence-electron chi connectivity index (χ3n) is 7.80. The number of fused-ring (bicyclic) bond motifs is 1. The standard InChI is InChI=1S/C35H40N4O6/c1-21-17-22(12-14-27(21)34(41)44-7)29-30-31(37-20-25-11-13-26(42-5)19-28(25)43-6)36-15-16-39(30)32(38-29)23-9-8-10-24(18-23)33(40)45-35(2,3)4/h9,11-17,19,24H,8,10,18,20H2,1-7H3,(H,36,37). The summed E-state index contributed by atoms with van der Waals surface area (Å²) in [4.78, 5) is 35.2. The number of carbonyl (C=O) groups excluding carboxylic acids is 2. The summed E-state index contributed by atoms with van der Waals surface area (Å²) in [5, 5.41) is 3.49. The number of aromatic nitrogens is 3. The average molecular weight is 613 g/mol. The first kappa shape index (κ1) is 31.6. The molecule has 2 heterocycles. The molecule has 10 nitrogen and oxygen atoms in total. The number of imidazole rings is 1. The van der Waals surface area contributed by atoms with Gasteiger partial charge in [-0.3, -0.25) is 9.20 Å². The van der Waals surface area contributed by atoms with Crippen LogP contribution in [0.5, 0.6) is 11.5 Å². The summed E-state index contributed by atoms with van der Waals surface area (Å²) in [6.45, 7) is 7.96. The third kappa shape index (κ3) is 6.79. The summed E-state index contributed by atoms with van der Waals surface area (Å²) in [6.07, 6.45) is 7.75. The van der Waals surface area contributed by atoms with Crippen molar-refractivity contribution in [3.05, 3.63) is 77.4 Å². The van der Waals surface area contributed by atoms with Gasteiger partial charge in [0.05, 0.1) is 32.8 Å². The van der Waals surface area contributed by atoms with Crippen molar-refractivity contribution >= 4 is 28.8 Å². The van der Waals surface area contributed by atoms with E-state index in [4.69, 9.17) is 28.9 Å². The van der Waals surface area contributed by atoms with Gasteiger partial charge in [-0.2, -0.15) is 0 Å². The Kier molecular flexibility index (Phi) is 9.13. The highest BCUT2D eigenvalue weighted by molar-refractivity contribution is 5.94. The van der Waals surface area contributed by atoms with Crippen molar-refractivity contribution in [2.24, 2.45) is 5.92 Å². The molecule has 0 radical (unpaired) electrons. The van der Waals surface area contributed by atoms with Crippen molar-refractivity contribution in [2.75, 3.05) is 26.6 Å². The van der Waals surface area contributed by atoms with Crippen LogP contribution in [0.4, 0.5) is 5.82 Å². The van der Waals surface area contributed by atoms with Gasteiger partial charge in [0.1, 0.15) is 34.1 Å². The number of ether oxygens (including phenoxy) is 4. The molecular formula is C35H40N4O6. The van der Waals surface area contributed by atoms with E-state index in [1.54, 1.807) is 26.5 Å². The smallest absolute Gasteiger partial charge is 0.338 e. The number of hydrogen-bond acceptors (Lipinski definition) is 9. The molecule has 0 amide bonds. The van der Waals surface area contributed by atoms with E-state index in [1.807, 2.05) is 68.6 Å². The molecular weight excluding hydrogens is 572 g/mol. The molecule has 236 valence electrons. The lowest BCUT2D eigenvalue weighted by molar-refractivity contribution is -0.160. The largest absolute Gasteiger partial charge is 0.497 e. The van der Waals surface area contributed by atoms with E-state index in [9.17, 15) is 9.59 Å². The first-order valence-electron chi connectivity index (χ1n) is 15.0. The summed E-state index contributed by atoms with van der Waals surface area (Å²) in [5.41, 5.74) is 4.88. The van der Waals surface area contributed by atoms with Crippen LogP contribution in [0.3, 0.4) is 0 Å². The Bertz CT molecular complexity index is 1770. The maximum atomic E-state index is 13.0. The van der Waals surface area contributed by atoms with Crippen LogP contribution >= 0.6 is 0 Å². The maximum absolute atomic E-state index is 13.0. The second kappa shape index (κ2) is 13.0. The monoisotopic (exact) mass is 612 g/mol. The molecule has 0 saturated heterocycles. The Hall–Kier alpha value is -4.86. The number of nitrogens with zero attached hydrogens (tertiary/aromatic N) is 3. The van der Waals surface area contributed by atoms with Gasteiger partial charge in [0.2, 0.25) is 0 Å². The second-order valence-electron chi connectivity index (χ2n) is 12.1. The van der Waals surface area contributed by atoms with Gasteiger partial charge < -0.3 is 24.3 Å². The maximum Gasteiger partial charge on any atom is 0.338 e. The van der Waals surface area contributed by atoms with Crippen molar-refractivity contribution in [3.8, 4) is 22.8 Å². The summed E-state index contributed by atoms with van der Waals surface area (Å²) in [7, 11) is 4.61. The third-order valence-corrected chi connectivity index (χ3v) is 7.80. The molecule has 1 N–H and O–H groups in total. The number of rotatable bonds is 9. The van der Waals surface area contributed by atoms with E-state index in [0.29, 0.717) is 41.5 Å². The van der Waals surface area contributed by atoms with Crippen LogP contribution in [0.1, 0.15) is 67.3 Å². The number of aryl methyl sites for hydroxylation is 1. The molecule has 1 aliphatic carbocycles. The number of carbonyl (C=O) groups is 2. The number of anilines is 1. The van der Waals surface area contributed by atoms with Gasteiger partial charge in [-0.1, -0.05) is 12.1 Å². The molecule has 0 aliphatic heterocycles. The molecule has 0 spiro atoms. The van der Waals surface area contributed by atoms with Gasteiger partial charge in [-0.25, -0.2) is 14.8 Å². The van der Waals surface area contributed by atoms with Crippen molar-refractivity contribution in [1.29, 1.82) is 0 Å². The fraction of sp³-hybridized carbons (Fsp3) is 0.371. The number of nitrogens with one attached hydrogen (secondary N) is 1. The minimum atomic E-state index is -0.557. The van der Waals surface area contributed by atoms with E-state index in [-0.39, 0.29) is 11.9 Å². The second-order valence-corrected chi connectivity index (χ2v) is 12.1. The first-order chi connectivity index (χ1) is 21.5. The highest BCUT2D eigenvalue weighted by atomic mass is 16.6. The van der Waals surface area contributed by atoms with Crippen LogP contribution in [-0.2, 0) is 20.8 Å². The van der Waals surface area contributed by atoms with Crippen molar-refractivity contribution in [3.63, 3.8) is 0 Å². The molecule has 1 unspecified atom stereocenters. The Morgan fingerprint density at radius 2 is 1.87 bits per heavy atom. The molecule has 1 atom stereocenters. The topological polar surface area (TPSA) is 113 Å². The lowest BCUT2D eigenvalue weighted by Crippen LogP contribution is -2.29. The molecule has 5 rings (SSSR count). The highest BCUT2D eigenvalue weighted by Crippen LogP contribution is 2.37. The van der Waals surface area contributed by atoms with E-state index < -0.39 is 11.6 Å². The van der Waals surface area contributed by atoms with Crippen molar-refractivity contribution < 1.29 is 28.5 Å². The predicted molar refractivity (Wildman–Crippen MR) is 173 cm³/mol. The van der Waals surface area contributed by atoms with Gasteiger partial charge in [0, 0.05) is 36.1 Å². The number of methoxy groups -OCH3 is 3. The zero-order chi connectivity index (χ0) is 32.3. The van der Waals surface area contributed by atoms with E-state index in [0.717, 1.165) is 46.4 Å². The molecule has 10 heteroatoms. The molecule has 45 heavy (non-hydrogen) atoms. The number of allylic oxidation sites excluding steroid dienone is 2. The van der Waals surface area contributed by atoms with Crippen LogP contribution < -0.4 is 14.8 Å². The van der Waals surface area contributed by atoms with E-state index >= 15 is 0 Å². The number of hydrogen-bond donors (Lipinski definition) is 1. The minimum Gasteiger partial charge on any atom is -0.497 e. The summed E-state index contributed by atoms with van der Waals surface area (Å²) < 4.78 is 23.7. The molecule has 2 aromatic heterocycles. The van der Waals surface area contributed by atoms with Crippen LogP contribution in [0.25, 0.3) is 22.3 Å². The minimum absolute atomic E-state index is 0.194. The normalized spacial score (nSPS) is 14.9. The molecule has 4 aromatic rings. The Morgan fingerprint density at radius 3 is 2.56 bits per heavy atom. The van der Waals surface area contributed by atoms with Gasteiger partial charge in [0.15, 0.2) is 5.82 Å². The summed E-state index contributed by atoms with van der Waals surface area (Å²) in [6, 6.07) is 11.2. The molecule has 2 aromatic carbocycles. The first-order valence-corrected chi connectivity index (χ1v) is 15.0. The van der Waals surface area contributed by atoms with E-state index in [1.165, 1.54) is 7.11 Å². The van der Waals surface area contributed by atoms with Crippen molar-refractivity contribution in [2.45, 2.75) is 59.1 Å². The summed E-state index contributed by atoms with van der Waals surface area (Å²) >= 11 is 0. The van der Waals surface area contributed by atoms with Crippen LogP contribution in [-0.4, -0.2) is 53.2 Å². The predicted octanol–water partition coefficient (Wildman–Crippen LogP) is 6.65. The lowest BCUT2D eigenvalue weighted by Gasteiger charge is -2.26. The van der Waals surface area contributed by atoms with Crippen molar-refractivity contribution in [1.82, 2.24) is 14.4 Å². The zero-order valence-corrected chi connectivity index (χ0v) is 26.9. The molecule has 0 bridgehead atoms. The lowest BCUT2D eigenvalue weighted by atomic mass is 9.88. The zero-order valence-electron chi connectivity index (χ0n) is 26.9. The Balaban J connectivity index is 1.59. The molecule has 1 aliphatic rings. The van der Waals surface area contributed by atoms with Gasteiger partial charge >= 0.3 is 11.9 Å². The van der Waals surface area contributed by atoms with Gasteiger partial charge in [-0.05, 0) is 82.4 Å². The fourth-order valence-corrected chi connectivity index (χ4v) is 5.60. The number of esters is 2. The number of benzene rings is 2. The average Bonchev–Trinajstić information content (AvgIpc) is 3.43. The van der Waals surface area contributed by atoms with Gasteiger partial charge in [-0.15, -0.1) is 0 Å². The SMILES string of the molecule is COC(=O)c1ccc(-c2nc(C3=CCCC(C(=O)OC(C)(C)C)C3)n3ccnc(NCc4ccc(OC)cc4OC)c23)cc1C. The highest BCUT2D eigenvalue weighted by Gasteiger charge is 2.30. The summed E-state index contributed by atoms with van der Waals surface area (Å²) in [5.74, 6) is 1.90.